The van der Waals surface area contributed by atoms with Crippen LogP contribution in [0.25, 0.3) is 0 Å². The van der Waals surface area contributed by atoms with E-state index in [-0.39, 0.29) is 10.7 Å². The molecule has 0 aliphatic rings. The number of carbonyl (C=O) groups excluding carboxylic acids is 1. The number of aromatic nitrogens is 2. The van der Waals surface area contributed by atoms with Crippen molar-refractivity contribution in [3.05, 3.63) is 45.3 Å². The van der Waals surface area contributed by atoms with Crippen LogP contribution < -0.4 is 10.6 Å². The van der Waals surface area contributed by atoms with Crippen LogP contribution in [0.2, 0.25) is 15.1 Å². The number of halogens is 3. The first kappa shape index (κ1) is 14.8. The third-order valence-electron chi connectivity index (χ3n) is 2.40. The molecule has 5 nitrogen and oxygen atoms in total. The van der Waals surface area contributed by atoms with Crippen molar-refractivity contribution in [2.45, 2.75) is 0 Å². The number of carbonyl (C=O) groups is 1. The van der Waals surface area contributed by atoms with Gasteiger partial charge in [0, 0.05) is 7.05 Å². The van der Waals surface area contributed by atoms with Gasteiger partial charge < -0.3 is 10.6 Å². The number of hydrogen-bond donors (Lipinski definition) is 2. The number of amides is 1. The first-order chi connectivity index (χ1) is 9.51. The molecule has 1 amide bonds. The predicted molar refractivity (Wildman–Crippen MR) is 81.0 cm³/mol. The number of rotatable bonds is 3. The summed E-state index contributed by atoms with van der Waals surface area (Å²) in [7, 11) is 1.71. The smallest absolute Gasteiger partial charge is 0.275 e. The summed E-state index contributed by atoms with van der Waals surface area (Å²) in [6.45, 7) is 0. The first-order valence-electron chi connectivity index (χ1n) is 5.47. The van der Waals surface area contributed by atoms with E-state index in [1.807, 2.05) is 0 Å². The van der Waals surface area contributed by atoms with Gasteiger partial charge in [0.1, 0.15) is 11.5 Å². The molecule has 0 aliphatic carbocycles. The lowest BCUT2D eigenvalue weighted by Gasteiger charge is -2.08. The summed E-state index contributed by atoms with van der Waals surface area (Å²) < 4.78 is 0. The maximum atomic E-state index is 12.0. The summed E-state index contributed by atoms with van der Waals surface area (Å²) in [4.78, 5) is 20.0. The van der Waals surface area contributed by atoms with Gasteiger partial charge in [0.25, 0.3) is 5.91 Å². The Hall–Kier alpha value is -1.56. The highest BCUT2D eigenvalue weighted by molar-refractivity contribution is 6.44. The van der Waals surface area contributed by atoms with Gasteiger partial charge in [-0.05, 0) is 12.1 Å². The Morgan fingerprint density at radius 2 is 1.75 bits per heavy atom. The van der Waals surface area contributed by atoms with E-state index in [1.165, 1.54) is 24.5 Å². The van der Waals surface area contributed by atoms with Crippen molar-refractivity contribution in [2.75, 3.05) is 17.7 Å². The molecule has 0 atom stereocenters. The zero-order valence-corrected chi connectivity index (χ0v) is 12.5. The SMILES string of the molecule is CNc1cnc(C(=O)Nc2cc(Cl)c(Cl)cc2Cl)cn1. The molecule has 0 spiro atoms. The molecule has 0 aliphatic heterocycles. The third-order valence-corrected chi connectivity index (χ3v) is 3.43. The predicted octanol–water partition coefficient (Wildman–Crippen LogP) is 3.73. The zero-order valence-electron chi connectivity index (χ0n) is 10.2. The summed E-state index contributed by atoms with van der Waals surface area (Å²) in [5.74, 6) is 0.120. The minimum atomic E-state index is -0.444. The van der Waals surface area contributed by atoms with Crippen molar-refractivity contribution < 1.29 is 4.79 Å². The van der Waals surface area contributed by atoms with E-state index in [2.05, 4.69) is 20.6 Å². The lowest BCUT2D eigenvalue weighted by Crippen LogP contribution is -2.14. The quantitative estimate of drug-likeness (QED) is 0.841. The van der Waals surface area contributed by atoms with Gasteiger partial charge in [-0.25, -0.2) is 9.97 Å². The number of hydrogen-bond acceptors (Lipinski definition) is 4. The van der Waals surface area contributed by atoms with Crippen molar-refractivity contribution in [2.24, 2.45) is 0 Å². The Bertz CT molecular complexity index is 646. The molecule has 2 rings (SSSR count). The zero-order chi connectivity index (χ0) is 14.7. The summed E-state index contributed by atoms with van der Waals surface area (Å²) in [6, 6.07) is 2.93. The Morgan fingerprint density at radius 1 is 1.05 bits per heavy atom. The van der Waals surface area contributed by atoms with E-state index in [0.29, 0.717) is 21.6 Å². The Balaban J connectivity index is 2.20. The fraction of sp³-hybridized carbons (Fsp3) is 0.0833. The third kappa shape index (κ3) is 3.30. The number of nitrogens with zero attached hydrogens (tertiary/aromatic N) is 2. The van der Waals surface area contributed by atoms with Gasteiger partial charge in [-0.2, -0.15) is 0 Å². The molecule has 0 unspecified atom stereocenters. The monoisotopic (exact) mass is 330 g/mol. The highest BCUT2D eigenvalue weighted by Crippen LogP contribution is 2.32. The van der Waals surface area contributed by atoms with E-state index in [0.717, 1.165) is 0 Å². The molecule has 2 N–H and O–H groups in total. The van der Waals surface area contributed by atoms with Crippen LogP contribution in [0, 0.1) is 0 Å². The van der Waals surface area contributed by atoms with Crippen molar-refractivity contribution >= 4 is 52.2 Å². The van der Waals surface area contributed by atoms with Crippen molar-refractivity contribution in [1.29, 1.82) is 0 Å². The standard InChI is InChI=1S/C12H9Cl3N4O/c1-16-11-5-17-10(4-18-11)12(20)19-9-3-7(14)6(13)2-8(9)15/h2-5H,1H3,(H,16,18)(H,19,20). The van der Waals surface area contributed by atoms with E-state index in [9.17, 15) is 4.79 Å². The normalized spacial score (nSPS) is 10.2. The van der Waals surface area contributed by atoms with Crippen LogP contribution in [0.5, 0.6) is 0 Å². The van der Waals surface area contributed by atoms with E-state index < -0.39 is 5.91 Å². The fourth-order valence-electron chi connectivity index (χ4n) is 1.38. The number of nitrogens with one attached hydrogen (secondary N) is 2. The van der Waals surface area contributed by atoms with Gasteiger partial charge in [0.2, 0.25) is 0 Å². The fourth-order valence-corrected chi connectivity index (χ4v) is 1.97. The molecule has 20 heavy (non-hydrogen) atoms. The van der Waals surface area contributed by atoms with Crippen LogP contribution in [-0.4, -0.2) is 22.9 Å². The second-order valence-electron chi connectivity index (χ2n) is 3.74. The second kappa shape index (κ2) is 6.26. The van der Waals surface area contributed by atoms with Crippen LogP contribution in [0.4, 0.5) is 11.5 Å². The molecule has 0 saturated carbocycles. The van der Waals surface area contributed by atoms with Crippen LogP contribution in [0.3, 0.4) is 0 Å². The van der Waals surface area contributed by atoms with E-state index >= 15 is 0 Å². The molecule has 0 saturated heterocycles. The molecule has 0 bridgehead atoms. The van der Waals surface area contributed by atoms with Crippen LogP contribution in [-0.2, 0) is 0 Å². The first-order valence-corrected chi connectivity index (χ1v) is 6.60. The Morgan fingerprint density at radius 3 is 2.35 bits per heavy atom. The lowest BCUT2D eigenvalue weighted by molar-refractivity contribution is 0.102. The van der Waals surface area contributed by atoms with Gasteiger partial charge in [0.15, 0.2) is 0 Å². The highest BCUT2D eigenvalue weighted by Gasteiger charge is 2.12. The molecule has 104 valence electrons. The van der Waals surface area contributed by atoms with Crippen LogP contribution >= 0.6 is 34.8 Å². The molecule has 1 aromatic heterocycles. The number of benzene rings is 1. The average molecular weight is 332 g/mol. The van der Waals surface area contributed by atoms with Crippen LogP contribution in [0.15, 0.2) is 24.5 Å². The molecular formula is C12H9Cl3N4O. The minimum absolute atomic E-state index is 0.158. The van der Waals surface area contributed by atoms with Crippen molar-refractivity contribution in [3.8, 4) is 0 Å². The Labute approximate surface area is 130 Å². The van der Waals surface area contributed by atoms with Gasteiger partial charge in [-0.1, -0.05) is 34.8 Å². The second-order valence-corrected chi connectivity index (χ2v) is 4.96. The molecular weight excluding hydrogens is 323 g/mol. The summed E-state index contributed by atoms with van der Waals surface area (Å²) in [5.41, 5.74) is 0.511. The average Bonchev–Trinajstić information content (AvgIpc) is 2.44. The molecule has 1 aromatic carbocycles. The highest BCUT2D eigenvalue weighted by atomic mass is 35.5. The van der Waals surface area contributed by atoms with Gasteiger partial charge in [0.05, 0.1) is 33.1 Å². The van der Waals surface area contributed by atoms with Crippen LogP contribution in [0.1, 0.15) is 10.5 Å². The molecule has 2 aromatic rings. The van der Waals surface area contributed by atoms with Gasteiger partial charge >= 0.3 is 0 Å². The summed E-state index contributed by atoms with van der Waals surface area (Å²) in [5, 5.41) is 6.29. The maximum absolute atomic E-state index is 12.0. The number of anilines is 2. The topological polar surface area (TPSA) is 66.9 Å². The molecule has 8 heteroatoms. The van der Waals surface area contributed by atoms with Crippen molar-refractivity contribution in [3.63, 3.8) is 0 Å². The van der Waals surface area contributed by atoms with Gasteiger partial charge in [-0.3, -0.25) is 4.79 Å². The minimum Gasteiger partial charge on any atom is -0.372 e. The maximum Gasteiger partial charge on any atom is 0.275 e. The lowest BCUT2D eigenvalue weighted by atomic mass is 10.3. The summed E-state index contributed by atoms with van der Waals surface area (Å²) in [6.07, 6.45) is 2.80. The largest absolute Gasteiger partial charge is 0.372 e. The molecule has 0 fully saturated rings. The van der Waals surface area contributed by atoms with Gasteiger partial charge in [-0.15, -0.1) is 0 Å². The molecule has 1 heterocycles. The van der Waals surface area contributed by atoms with E-state index in [1.54, 1.807) is 7.05 Å². The summed E-state index contributed by atoms with van der Waals surface area (Å²) >= 11 is 17.7. The molecule has 0 radical (unpaired) electrons. The van der Waals surface area contributed by atoms with E-state index in [4.69, 9.17) is 34.8 Å². The Kier molecular flexibility index (Phi) is 4.65. The van der Waals surface area contributed by atoms with Crippen molar-refractivity contribution in [1.82, 2.24) is 9.97 Å².